The van der Waals surface area contributed by atoms with Crippen LogP contribution in [0.25, 0.3) is 16.8 Å². The zero-order valence-electron chi connectivity index (χ0n) is 17.9. The van der Waals surface area contributed by atoms with Crippen molar-refractivity contribution in [3.05, 3.63) is 83.9 Å². The van der Waals surface area contributed by atoms with Crippen LogP contribution in [-0.4, -0.2) is 26.8 Å². The predicted molar refractivity (Wildman–Crippen MR) is 130 cm³/mol. The third-order valence-electron chi connectivity index (χ3n) is 5.38. The van der Waals surface area contributed by atoms with Gasteiger partial charge in [0.1, 0.15) is 0 Å². The zero-order valence-corrected chi connectivity index (χ0v) is 17.9. The van der Waals surface area contributed by atoms with Gasteiger partial charge in [-0.15, -0.1) is 0 Å². The largest absolute Gasteiger partial charge is 0.301 e. The average Bonchev–Trinajstić information content (AvgIpc) is 2.78. The fraction of sp³-hybridized carbons (Fsp3) is 0.154. The van der Waals surface area contributed by atoms with E-state index in [1.807, 2.05) is 12.7 Å². The summed E-state index contributed by atoms with van der Waals surface area (Å²) in [6.45, 7) is 4.19. The number of fused-ring (bicyclic) bond motifs is 3. The Hall–Kier alpha value is -3.66. The number of para-hydroxylation sites is 1. The van der Waals surface area contributed by atoms with Crippen molar-refractivity contribution in [2.24, 2.45) is 9.98 Å². The van der Waals surface area contributed by atoms with Crippen LogP contribution >= 0.6 is 0 Å². The molecule has 0 saturated carbocycles. The van der Waals surface area contributed by atoms with Gasteiger partial charge in [-0.1, -0.05) is 54.6 Å². The molecule has 4 nitrogen and oxygen atoms in total. The molecule has 4 heteroatoms. The van der Waals surface area contributed by atoms with Crippen molar-refractivity contribution in [3.8, 4) is 11.1 Å². The Labute approximate surface area is 178 Å². The molecule has 0 amide bonds. The standard InChI is InChI=1S/C26H26N4/c1-5-24-22-12-8-7-11-21(22)23-15-14-20(16-26(23)30(24)18-28-4)29(17-27-3)25-13-9-6-10-19(25)2/h5-18H,1-4H3/b24-5-,27-17?,28-18?. The molecule has 0 fully saturated rings. The molecule has 0 radical (unpaired) electrons. The second-order valence-corrected chi connectivity index (χ2v) is 7.19. The second kappa shape index (κ2) is 8.37. The molecule has 0 spiro atoms. The predicted octanol–water partition coefficient (Wildman–Crippen LogP) is 6.30. The van der Waals surface area contributed by atoms with Crippen molar-refractivity contribution in [2.45, 2.75) is 13.8 Å². The normalized spacial score (nSPS) is 14.4. The van der Waals surface area contributed by atoms with Crippen LogP contribution < -0.4 is 9.80 Å². The number of nitrogens with zero attached hydrogens (tertiary/aromatic N) is 4. The Kier molecular flexibility index (Phi) is 5.48. The van der Waals surface area contributed by atoms with E-state index < -0.39 is 0 Å². The van der Waals surface area contributed by atoms with Crippen molar-refractivity contribution < 1.29 is 0 Å². The van der Waals surface area contributed by atoms with E-state index in [-0.39, 0.29) is 0 Å². The first kappa shape index (κ1) is 19.6. The summed E-state index contributed by atoms with van der Waals surface area (Å²) < 4.78 is 0. The highest BCUT2D eigenvalue weighted by atomic mass is 15.2. The van der Waals surface area contributed by atoms with E-state index in [0.717, 1.165) is 22.8 Å². The highest BCUT2D eigenvalue weighted by molar-refractivity contribution is 6.09. The van der Waals surface area contributed by atoms with Crippen molar-refractivity contribution in [2.75, 3.05) is 23.9 Å². The van der Waals surface area contributed by atoms with Crippen LogP contribution in [-0.2, 0) is 0 Å². The number of hydrogen-bond acceptors (Lipinski definition) is 2. The molecule has 3 aromatic carbocycles. The quantitative estimate of drug-likeness (QED) is 0.384. The van der Waals surface area contributed by atoms with Crippen molar-refractivity contribution in [3.63, 3.8) is 0 Å². The van der Waals surface area contributed by atoms with Crippen LogP contribution in [0, 0.1) is 6.92 Å². The van der Waals surface area contributed by atoms with Gasteiger partial charge in [0.05, 0.1) is 24.1 Å². The molecular weight excluding hydrogens is 368 g/mol. The van der Waals surface area contributed by atoms with E-state index >= 15 is 0 Å². The first-order valence-corrected chi connectivity index (χ1v) is 10.1. The van der Waals surface area contributed by atoms with Gasteiger partial charge in [0.15, 0.2) is 0 Å². The van der Waals surface area contributed by atoms with E-state index in [1.165, 1.54) is 22.3 Å². The number of benzene rings is 3. The number of rotatable bonds is 4. The van der Waals surface area contributed by atoms with Gasteiger partial charge in [0, 0.05) is 36.6 Å². The zero-order chi connectivity index (χ0) is 21.1. The minimum Gasteiger partial charge on any atom is -0.301 e. The maximum Gasteiger partial charge on any atom is 0.0937 e. The van der Waals surface area contributed by atoms with Crippen molar-refractivity contribution in [1.82, 2.24) is 0 Å². The minimum absolute atomic E-state index is 1.05. The lowest BCUT2D eigenvalue weighted by Gasteiger charge is -2.33. The molecule has 0 unspecified atom stereocenters. The van der Waals surface area contributed by atoms with Crippen LogP contribution in [0.4, 0.5) is 17.1 Å². The topological polar surface area (TPSA) is 31.2 Å². The molecule has 0 atom stereocenters. The monoisotopic (exact) mass is 394 g/mol. The molecule has 3 aromatic rings. The van der Waals surface area contributed by atoms with E-state index in [2.05, 4.69) is 106 Å². The van der Waals surface area contributed by atoms with Gasteiger partial charge in [-0.3, -0.25) is 9.98 Å². The number of aliphatic imine (C=N–C) groups is 2. The molecule has 0 saturated heterocycles. The average molecular weight is 395 g/mol. The van der Waals surface area contributed by atoms with Crippen LogP contribution in [0.15, 0.2) is 82.8 Å². The fourth-order valence-corrected chi connectivity index (χ4v) is 4.05. The summed E-state index contributed by atoms with van der Waals surface area (Å²) in [7, 11) is 3.61. The Morgan fingerprint density at radius 2 is 1.57 bits per heavy atom. The third-order valence-corrected chi connectivity index (χ3v) is 5.38. The van der Waals surface area contributed by atoms with Gasteiger partial charge in [0.25, 0.3) is 0 Å². The third kappa shape index (κ3) is 3.30. The lowest BCUT2D eigenvalue weighted by atomic mass is 9.90. The summed E-state index contributed by atoms with van der Waals surface area (Å²) in [6.07, 6.45) is 5.90. The minimum atomic E-state index is 1.05. The Bertz CT molecular complexity index is 1160. The summed E-state index contributed by atoms with van der Waals surface area (Å²) in [4.78, 5) is 12.9. The molecule has 150 valence electrons. The highest BCUT2D eigenvalue weighted by Crippen LogP contribution is 2.45. The summed E-state index contributed by atoms with van der Waals surface area (Å²) in [5.74, 6) is 0. The van der Waals surface area contributed by atoms with Gasteiger partial charge < -0.3 is 9.80 Å². The van der Waals surface area contributed by atoms with Crippen LogP contribution in [0.1, 0.15) is 18.1 Å². The molecule has 1 aliphatic rings. The smallest absolute Gasteiger partial charge is 0.0937 e. The van der Waals surface area contributed by atoms with Gasteiger partial charge in [0.2, 0.25) is 0 Å². The summed E-state index contributed by atoms with van der Waals surface area (Å²) in [5.41, 5.74) is 9.24. The van der Waals surface area contributed by atoms with E-state index in [0.29, 0.717) is 0 Å². The Balaban J connectivity index is 1.94. The first-order valence-electron chi connectivity index (χ1n) is 10.1. The summed E-state index contributed by atoms with van der Waals surface area (Å²) >= 11 is 0. The molecule has 4 rings (SSSR count). The lowest BCUT2D eigenvalue weighted by molar-refractivity contribution is 1.27. The first-order chi connectivity index (χ1) is 14.7. The van der Waals surface area contributed by atoms with Gasteiger partial charge in [-0.05, 0) is 43.2 Å². The van der Waals surface area contributed by atoms with E-state index in [9.17, 15) is 0 Å². The van der Waals surface area contributed by atoms with Crippen LogP contribution in [0.2, 0.25) is 0 Å². The van der Waals surface area contributed by atoms with Crippen LogP contribution in [0.5, 0.6) is 0 Å². The van der Waals surface area contributed by atoms with Gasteiger partial charge in [-0.25, -0.2) is 0 Å². The number of allylic oxidation sites excluding steroid dienone is 1. The molecule has 0 N–H and O–H groups in total. The maximum atomic E-state index is 4.33. The molecule has 30 heavy (non-hydrogen) atoms. The summed E-state index contributed by atoms with van der Waals surface area (Å²) in [5, 5.41) is 0. The highest BCUT2D eigenvalue weighted by Gasteiger charge is 2.26. The van der Waals surface area contributed by atoms with Crippen LogP contribution in [0.3, 0.4) is 0 Å². The van der Waals surface area contributed by atoms with Crippen molar-refractivity contribution >= 4 is 35.4 Å². The SMILES string of the molecule is C/C=C1/c2ccccc2-c2ccc(N(C=NC)c3ccccc3C)cc2N1C=NC. The molecule has 0 aliphatic carbocycles. The molecule has 0 aromatic heterocycles. The lowest BCUT2D eigenvalue weighted by Crippen LogP contribution is -2.24. The second-order valence-electron chi connectivity index (χ2n) is 7.19. The Morgan fingerprint density at radius 1 is 0.833 bits per heavy atom. The number of hydrogen-bond donors (Lipinski definition) is 0. The summed E-state index contributed by atoms with van der Waals surface area (Å²) in [6, 6.07) is 23.5. The Morgan fingerprint density at radius 3 is 2.27 bits per heavy atom. The fourth-order valence-electron chi connectivity index (χ4n) is 4.05. The number of anilines is 3. The van der Waals surface area contributed by atoms with Gasteiger partial charge in [-0.2, -0.15) is 0 Å². The molecule has 1 heterocycles. The van der Waals surface area contributed by atoms with Crippen molar-refractivity contribution in [1.29, 1.82) is 0 Å². The van der Waals surface area contributed by atoms with E-state index in [1.54, 1.807) is 14.1 Å². The molecule has 1 aliphatic heterocycles. The number of aryl methyl sites for hydroxylation is 1. The molecular formula is C26H26N4. The van der Waals surface area contributed by atoms with E-state index in [4.69, 9.17) is 0 Å². The maximum absolute atomic E-state index is 4.33. The molecule has 0 bridgehead atoms. The van der Waals surface area contributed by atoms with Gasteiger partial charge >= 0.3 is 0 Å².